The van der Waals surface area contributed by atoms with E-state index >= 15 is 0 Å². The zero-order chi connectivity index (χ0) is 13.2. The van der Waals surface area contributed by atoms with Crippen LogP contribution in [-0.2, 0) is 0 Å². The molecule has 5 heteroatoms. The van der Waals surface area contributed by atoms with Crippen molar-refractivity contribution in [1.82, 2.24) is 15.2 Å². The Morgan fingerprint density at radius 1 is 1.47 bits per heavy atom. The highest BCUT2D eigenvalue weighted by atomic mass is 79.9. The lowest BCUT2D eigenvalue weighted by Crippen LogP contribution is -2.31. The Hall–Kier alpha value is -0.810. The molecule has 1 atom stereocenters. The lowest BCUT2D eigenvalue weighted by Gasteiger charge is -2.12. The van der Waals surface area contributed by atoms with E-state index in [1.807, 2.05) is 12.3 Å². The van der Waals surface area contributed by atoms with Gasteiger partial charge in [0.25, 0.3) is 5.91 Å². The van der Waals surface area contributed by atoms with E-state index in [4.69, 9.17) is 0 Å². The Bertz CT molecular complexity index is 461. The van der Waals surface area contributed by atoms with Gasteiger partial charge in [-0.3, -0.25) is 4.79 Å². The highest BCUT2D eigenvalue weighted by Crippen LogP contribution is 2.37. The minimum Gasteiger partial charge on any atom is -0.351 e. The molecule has 1 saturated carbocycles. The van der Waals surface area contributed by atoms with Crippen LogP contribution in [0.15, 0.2) is 16.7 Å². The highest BCUT2D eigenvalue weighted by Gasteiger charge is 2.27. The highest BCUT2D eigenvalue weighted by molar-refractivity contribution is 9.10. The molecule has 0 bridgehead atoms. The maximum Gasteiger partial charge on any atom is 0.267 e. The molecule has 19 heavy (non-hydrogen) atoms. The van der Waals surface area contributed by atoms with Crippen molar-refractivity contribution in [1.29, 1.82) is 0 Å². The lowest BCUT2D eigenvalue weighted by atomic mass is 10.1. The maximum atomic E-state index is 12.2. The molecule has 2 fully saturated rings. The summed E-state index contributed by atoms with van der Waals surface area (Å²) in [5.41, 5.74) is 0.786. The third-order valence-corrected chi connectivity index (χ3v) is 4.36. The van der Waals surface area contributed by atoms with Gasteiger partial charge in [-0.25, -0.2) is 0 Å². The molecule has 2 heterocycles. The van der Waals surface area contributed by atoms with E-state index in [2.05, 4.69) is 31.1 Å². The quantitative estimate of drug-likeness (QED) is 0.873. The Morgan fingerprint density at radius 2 is 2.32 bits per heavy atom. The first-order valence-corrected chi connectivity index (χ1v) is 7.92. The largest absolute Gasteiger partial charge is 0.351 e. The molecule has 2 aliphatic rings. The predicted octanol–water partition coefficient (Wildman–Crippen LogP) is 2.46. The van der Waals surface area contributed by atoms with Gasteiger partial charge in [-0.2, -0.15) is 0 Å². The minimum absolute atomic E-state index is 0.0515. The van der Waals surface area contributed by atoms with Gasteiger partial charge in [-0.15, -0.1) is 0 Å². The van der Waals surface area contributed by atoms with Crippen LogP contribution in [0.5, 0.6) is 0 Å². The fourth-order valence-electron chi connectivity index (χ4n) is 2.74. The Balaban J connectivity index is 1.54. The molecule has 3 rings (SSSR count). The molecule has 1 saturated heterocycles. The Labute approximate surface area is 122 Å². The number of halogens is 1. The van der Waals surface area contributed by atoms with Crippen LogP contribution in [-0.4, -0.2) is 29.6 Å². The molecule has 0 radical (unpaired) electrons. The molecule has 4 nitrogen and oxygen atoms in total. The molecular weight excluding hydrogens is 306 g/mol. The van der Waals surface area contributed by atoms with Crippen LogP contribution in [0.1, 0.15) is 48.6 Å². The molecule has 0 spiro atoms. The number of hydrogen-bond acceptors (Lipinski definition) is 2. The van der Waals surface area contributed by atoms with Crippen molar-refractivity contribution >= 4 is 21.8 Å². The van der Waals surface area contributed by atoms with Gasteiger partial charge in [-0.05, 0) is 60.6 Å². The topological polar surface area (TPSA) is 46.1 Å². The molecule has 104 valence electrons. The monoisotopic (exact) mass is 325 g/mol. The molecule has 1 aliphatic heterocycles. The summed E-state index contributed by atoms with van der Waals surface area (Å²) in [5, 5.41) is 6.49. The summed E-state index contributed by atoms with van der Waals surface area (Å²) in [6, 6.07) is 3.03. The number of carbonyl (C=O) groups is 1. The van der Waals surface area contributed by atoms with Gasteiger partial charge in [0.1, 0.15) is 5.69 Å². The first kappa shape index (κ1) is 13.2. The van der Waals surface area contributed by atoms with Gasteiger partial charge in [0.15, 0.2) is 0 Å². The normalized spacial score (nSPS) is 22.7. The summed E-state index contributed by atoms with van der Waals surface area (Å²) in [6.07, 6.45) is 7.92. The second-order valence-electron chi connectivity index (χ2n) is 5.52. The van der Waals surface area contributed by atoms with E-state index in [1.165, 1.54) is 25.7 Å². The van der Waals surface area contributed by atoms with Crippen molar-refractivity contribution in [3.63, 3.8) is 0 Å². The van der Waals surface area contributed by atoms with Crippen LogP contribution in [0.3, 0.4) is 0 Å². The Kier molecular flexibility index (Phi) is 3.93. The summed E-state index contributed by atoms with van der Waals surface area (Å²) in [4.78, 5) is 12.2. The van der Waals surface area contributed by atoms with Crippen LogP contribution < -0.4 is 10.6 Å². The summed E-state index contributed by atoms with van der Waals surface area (Å²) in [7, 11) is 0. The van der Waals surface area contributed by atoms with Crippen LogP contribution >= 0.6 is 15.9 Å². The SMILES string of the molecule is O=C(NCC[C@@H]1CCCN1)c1cc(Br)cn1C1CC1. The van der Waals surface area contributed by atoms with E-state index in [1.54, 1.807) is 0 Å². The summed E-state index contributed by atoms with van der Waals surface area (Å²) in [6.45, 7) is 1.88. The number of carbonyl (C=O) groups excluding carboxylic acids is 1. The van der Waals surface area contributed by atoms with E-state index in [-0.39, 0.29) is 5.91 Å². The second-order valence-corrected chi connectivity index (χ2v) is 6.44. The number of rotatable bonds is 5. The summed E-state index contributed by atoms with van der Waals surface area (Å²) < 4.78 is 3.09. The Morgan fingerprint density at radius 3 is 3.00 bits per heavy atom. The summed E-state index contributed by atoms with van der Waals surface area (Å²) >= 11 is 3.46. The number of hydrogen-bond donors (Lipinski definition) is 2. The van der Waals surface area contributed by atoms with Crippen molar-refractivity contribution in [2.24, 2.45) is 0 Å². The molecule has 0 unspecified atom stereocenters. The van der Waals surface area contributed by atoms with Crippen molar-refractivity contribution in [3.05, 3.63) is 22.4 Å². The van der Waals surface area contributed by atoms with E-state index < -0.39 is 0 Å². The van der Waals surface area contributed by atoms with Gasteiger partial charge >= 0.3 is 0 Å². The van der Waals surface area contributed by atoms with Gasteiger partial charge in [0, 0.05) is 29.3 Å². The second kappa shape index (κ2) is 5.67. The number of nitrogens with zero attached hydrogens (tertiary/aromatic N) is 1. The first-order chi connectivity index (χ1) is 9.24. The molecule has 2 N–H and O–H groups in total. The van der Waals surface area contributed by atoms with Gasteiger partial charge in [-0.1, -0.05) is 0 Å². The fourth-order valence-corrected chi connectivity index (χ4v) is 3.17. The van der Waals surface area contributed by atoms with E-state index in [0.29, 0.717) is 12.1 Å². The van der Waals surface area contributed by atoms with Gasteiger partial charge < -0.3 is 15.2 Å². The fraction of sp³-hybridized carbons (Fsp3) is 0.643. The molecule has 0 aromatic carbocycles. The third kappa shape index (κ3) is 3.20. The minimum atomic E-state index is 0.0515. The van der Waals surface area contributed by atoms with Crippen LogP contribution in [0.2, 0.25) is 0 Å². The van der Waals surface area contributed by atoms with Crippen molar-refractivity contribution in [3.8, 4) is 0 Å². The molecule has 1 aromatic rings. The number of aromatic nitrogens is 1. The van der Waals surface area contributed by atoms with Crippen molar-refractivity contribution in [2.75, 3.05) is 13.1 Å². The third-order valence-electron chi connectivity index (χ3n) is 3.93. The molecule has 1 aromatic heterocycles. The van der Waals surface area contributed by atoms with Crippen molar-refractivity contribution < 1.29 is 4.79 Å². The molecule has 1 amide bonds. The van der Waals surface area contributed by atoms with Gasteiger partial charge in [0.05, 0.1) is 0 Å². The van der Waals surface area contributed by atoms with E-state index in [9.17, 15) is 4.79 Å². The molecular formula is C14H20BrN3O. The number of amides is 1. The first-order valence-electron chi connectivity index (χ1n) is 7.13. The van der Waals surface area contributed by atoms with Crippen LogP contribution in [0, 0.1) is 0 Å². The van der Waals surface area contributed by atoms with Gasteiger partial charge in [0.2, 0.25) is 0 Å². The van der Waals surface area contributed by atoms with Crippen LogP contribution in [0.4, 0.5) is 0 Å². The maximum absolute atomic E-state index is 12.2. The average molecular weight is 326 g/mol. The van der Waals surface area contributed by atoms with Crippen molar-refractivity contribution in [2.45, 2.75) is 44.2 Å². The zero-order valence-electron chi connectivity index (χ0n) is 11.0. The standard InChI is InChI=1S/C14H20BrN3O/c15-10-8-13(18(9-10)12-3-4-12)14(19)17-7-5-11-2-1-6-16-11/h8-9,11-12,16H,1-7H2,(H,17,19)/t11-/m0/s1. The van der Waals surface area contributed by atoms with Crippen LogP contribution in [0.25, 0.3) is 0 Å². The smallest absolute Gasteiger partial charge is 0.267 e. The zero-order valence-corrected chi connectivity index (χ0v) is 12.6. The number of nitrogens with one attached hydrogen (secondary N) is 2. The van der Waals surface area contributed by atoms with E-state index in [0.717, 1.165) is 29.7 Å². The predicted molar refractivity (Wildman–Crippen MR) is 78.4 cm³/mol. The lowest BCUT2D eigenvalue weighted by molar-refractivity contribution is 0.0943. The summed E-state index contributed by atoms with van der Waals surface area (Å²) in [5.74, 6) is 0.0515. The molecule has 1 aliphatic carbocycles. The average Bonchev–Trinajstić information content (AvgIpc) is 2.96.